The van der Waals surface area contributed by atoms with Crippen LogP contribution in [0.3, 0.4) is 0 Å². The minimum absolute atomic E-state index is 0.257. The van der Waals surface area contributed by atoms with Crippen molar-refractivity contribution in [3.05, 3.63) is 28.8 Å². The molecule has 84 valence electrons. The first kappa shape index (κ1) is 12.3. The van der Waals surface area contributed by atoms with Gasteiger partial charge in [0.1, 0.15) is 12.4 Å². The van der Waals surface area contributed by atoms with Gasteiger partial charge in [0.2, 0.25) is 0 Å². The zero-order chi connectivity index (χ0) is 11.5. The van der Waals surface area contributed by atoms with Gasteiger partial charge in [-0.25, -0.2) is 0 Å². The maximum atomic E-state index is 9.78. The van der Waals surface area contributed by atoms with Crippen molar-refractivity contribution in [1.29, 1.82) is 0 Å². The number of hydrogen-bond donors (Lipinski definition) is 1. The molecule has 2 nitrogen and oxygen atoms in total. The molecule has 0 amide bonds. The highest BCUT2D eigenvalue weighted by molar-refractivity contribution is 6.32. The maximum Gasteiger partial charge on any atom is 0.138 e. The number of ether oxygens (including phenoxy) is 1. The number of halogens is 1. The third kappa shape index (κ3) is 3.73. The number of aryl methyl sites for hydroxylation is 1. The van der Waals surface area contributed by atoms with E-state index < -0.39 is 5.60 Å². The lowest BCUT2D eigenvalue weighted by Gasteiger charge is -2.21. The zero-order valence-electron chi connectivity index (χ0n) is 9.38. The Morgan fingerprint density at radius 1 is 1.47 bits per heavy atom. The molecule has 0 heterocycles. The average molecular weight is 229 g/mol. The Morgan fingerprint density at radius 3 is 2.73 bits per heavy atom. The molecular formula is C12H17ClO2. The normalized spacial score (nSPS) is 14.7. The molecule has 3 heteroatoms. The predicted molar refractivity (Wildman–Crippen MR) is 62.6 cm³/mol. The van der Waals surface area contributed by atoms with E-state index in [-0.39, 0.29) is 6.61 Å². The van der Waals surface area contributed by atoms with Crippen LogP contribution >= 0.6 is 11.6 Å². The molecule has 1 aromatic carbocycles. The van der Waals surface area contributed by atoms with Crippen LogP contribution in [0.2, 0.25) is 5.02 Å². The second-order valence-corrected chi connectivity index (χ2v) is 4.48. The Morgan fingerprint density at radius 2 is 2.13 bits per heavy atom. The molecule has 0 aliphatic carbocycles. The van der Waals surface area contributed by atoms with Crippen molar-refractivity contribution < 1.29 is 9.84 Å². The summed E-state index contributed by atoms with van der Waals surface area (Å²) in [5.74, 6) is 0.630. The molecule has 1 unspecified atom stereocenters. The van der Waals surface area contributed by atoms with E-state index in [1.807, 2.05) is 26.0 Å². The molecule has 1 aromatic rings. The molecule has 1 rings (SSSR count). The summed E-state index contributed by atoms with van der Waals surface area (Å²) in [7, 11) is 0. The highest BCUT2D eigenvalue weighted by Gasteiger charge is 2.18. The molecule has 0 bridgehead atoms. The first-order chi connectivity index (χ1) is 6.94. The number of benzene rings is 1. The summed E-state index contributed by atoms with van der Waals surface area (Å²) in [5.41, 5.74) is 0.290. The molecule has 0 saturated carbocycles. The van der Waals surface area contributed by atoms with E-state index in [9.17, 15) is 5.11 Å². The van der Waals surface area contributed by atoms with Gasteiger partial charge >= 0.3 is 0 Å². The van der Waals surface area contributed by atoms with Crippen molar-refractivity contribution in [2.75, 3.05) is 6.61 Å². The van der Waals surface area contributed by atoms with Crippen LogP contribution in [0.5, 0.6) is 5.75 Å². The molecule has 1 N–H and O–H groups in total. The molecule has 15 heavy (non-hydrogen) atoms. The van der Waals surface area contributed by atoms with Crippen molar-refractivity contribution in [2.45, 2.75) is 32.8 Å². The summed E-state index contributed by atoms with van der Waals surface area (Å²) in [6.07, 6.45) is 0.649. The molecule has 0 fully saturated rings. The summed E-state index contributed by atoms with van der Waals surface area (Å²) >= 11 is 5.96. The quantitative estimate of drug-likeness (QED) is 0.858. The van der Waals surface area contributed by atoms with Crippen molar-refractivity contribution >= 4 is 11.6 Å². The third-order valence-corrected chi connectivity index (χ3v) is 2.70. The summed E-state index contributed by atoms with van der Waals surface area (Å²) < 4.78 is 5.49. The van der Waals surface area contributed by atoms with Gasteiger partial charge in [-0.1, -0.05) is 24.6 Å². The van der Waals surface area contributed by atoms with Crippen LogP contribution in [-0.4, -0.2) is 17.3 Å². The van der Waals surface area contributed by atoms with E-state index in [1.165, 1.54) is 0 Å². The van der Waals surface area contributed by atoms with E-state index in [4.69, 9.17) is 16.3 Å². The molecule has 0 spiro atoms. The van der Waals surface area contributed by atoms with Crippen LogP contribution in [-0.2, 0) is 0 Å². The first-order valence-corrected chi connectivity index (χ1v) is 5.44. The van der Waals surface area contributed by atoms with Crippen molar-refractivity contribution in [1.82, 2.24) is 0 Å². The molecule has 0 aliphatic heterocycles. The van der Waals surface area contributed by atoms with Crippen LogP contribution < -0.4 is 4.74 Å². The standard InChI is InChI=1S/C12H17ClO2/c1-4-12(3,14)8-15-11-7-9(2)5-6-10(11)13/h5-7,14H,4,8H2,1-3H3. The van der Waals surface area contributed by atoms with Gasteiger partial charge in [-0.3, -0.25) is 0 Å². The van der Waals surface area contributed by atoms with Crippen molar-refractivity contribution in [2.24, 2.45) is 0 Å². The fourth-order valence-electron chi connectivity index (χ4n) is 1.06. The minimum atomic E-state index is -0.799. The Hall–Kier alpha value is -0.730. The third-order valence-electron chi connectivity index (χ3n) is 2.39. The monoisotopic (exact) mass is 228 g/mol. The second kappa shape index (κ2) is 4.86. The molecule has 0 aliphatic rings. The van der Waals surface area contributed by atoms with Crippen LogP contribution in [0.1, 0.15) is 25.8 Å². The summed E-state index contributed by atoms with van der Waals surface area (Å²) in [5, 5.41) is 10.4. The zero-order valence-corrected chi connectivity index (χ0v) is 10.1. The fourth-order valence-corrected chi connectivity index (χ4v) is 1.23. The van der Waals surface area contributed by atoms with Gasteiger partial charge in [-0.15, -0.1) is 0 Å². The van der Waals surface area contributed by atoms with Gasteiger partial charge in [0.25, 0.3) is 0 Å². The maximum absolute atomic E-state index is 9.78. The van der Waals surface area contributed by atoms with Crippen LogP contribution in [0, 0.1) is 6.92 Å². The van der Waals surface area contributed by atoms with Crippen molar-refractivity contribution in [3.8, 4) is 5.75 Å². The number of hydrogen-bond acceptors (Lipinski definition) is 2. The second-order valence-electron chi connectivity index (χ2n) is 4.07. The van der Waals surface area contributed by atoms with E-state index in [0.717, 1.165) is 5.56 Å². The molecule has 0 aromatic heterocycles. The van der Waals surface area contributed by atoms with E-state index in [1.54, 1.807) is 13.0 Å². The van der Waals surface area contributed by atoms with Crippen LogP contribution in [0.4, 0.5) is 0 Å². The Bertz CT molecular complexity index is 334. The number of aliphatic hydroxyl groups is 1. The number of rotatable bonds is 4. The predicted octanol–water partition coefficient (Wildman–Crippen LogP) is 3.19. The summed E-state index contributed by atoms with van der Waals surface area (Å²) in [4.78, 5) is 0. The van der Waals surface area contributed by atoms with Crippen molar-refractivity contribution in [3.63, 3.8) is 0 Å². The fraction of sp³-hybridized carbons (Fsp3) is 0.500. The SMILES string of the molecule is CCC(C)(O)COc1cc(C)ccc1Cl. The topological polar surface area (TPSA) is 29.5 Å². The van der Waals surface area contributed by atoms with Gasteiger partial charge in [-0.2, -0.15) is 0 Å². The van der Waals surface area contributed by atoms with Crippen LogP contribution in [0.25, 0.3) is 0 Å². The largest absolute Gasteiger partial charge is 0.489 e. The lowest BCUT2D eigenvalue weighted by atomic mass is 10.1. The van der Waals surface area contributed by atoms with E-state index in [2.05, 4.69) is 0 Å². The first-order valence-electron chi connectivity index (χ1n) is 5.06. The Labute approximate surface area is 95.8 Å². The highest BCUT2D eigenvalue weighted by Crippen LogP contribution is 2.26. The molecular weight excluding hydrogens is 212 g/mol. The van der Waals surface area contributed by atoms with Gasteiger partial charge in [-0.05, 0) is 38.0 Å². The van der Waals surface area contributed by atoms with Gasteiger partial charge < -0.3 is 9.84 Å². The minimum Gasteiger partial charge on any atom is -0.489 e. The average Bonchev–Trinajstić information content (AvgIpc) is 2.20. The smallest absolute Gasteiger partial charge is 0.138 e. The Kier molecular flexibility index (Phi) is 4.00. The van der Waals surface area contributed by atoms with Gasteiger partial charge in [0.15, 0.2) is 0 Å². The summed E-state index contributed by atoms with van der Waals surface area (Å²) in [6, 6.07) is 5.59. The highest BCUT2D eigenvalue weighted by atomic mass is 35.5. The Balaban J connectivity index is 2.69. The summed E-state index contributed by atoms with van der Waals surface area (Å²) in [6.45, 7) is 5.89. The molecule has 1 atom stereocenters. The van der Waals surface area contributed by atoms with Gasteiger partial charge in [0, 0.05) is 0 Å². The molecule has 0 saturated heterocycles. The van der Waals surface area contributed by atoms with E-state index >= 15 is 0 Å². The molecule has 0 radical (unpaired) electrons. The lowest BCUT2D eigenvalue weighted by Crippen LogP contribution is -2.31. The van der Waals surface area contributed by atoms with Crippen LogP contribution in [0.15, 0.2) is 18.2 Å². The van der Waals surface area contributed by atoms with Gasteiger partial charge in [0.05, 0.1) is 10.6 Å². The lowest BCUT2D eigenvalue weighted by molar-refractivity contribution is 0.00849. The van der Waals surface area contributed by atoms with E-state index in [0.29, 0.717) is 17.2 Å².